The predicted octanol–water partition coefficient (Wildman–Crippen LogP) is 3.91. The first-order valence-corrected chi connectivity index (χ1v) is 5.08. The Bertz CT molecular complexity index is 218. The van der Waals surface area contributed by atoms with Crippen molar-refractivity contribution in [3.8, 4) is 0 Å². The second-order valence-corrected chi connectivity index (χ2v) is 3.40. The van der Waals surface area contributed by atoms with E-state index in [2.05, 4.69) is 32.9 Å². The molecule has 0 fully saturated rings. The molecule has 0 spiro atoms. The molecule has 1 heterocycles. The number of aromatic nitrogens is 1. The molecular formula is C11H21NO. The van der Waals surface area contributed by atoms with Crippen LogP contribution in [0.5, 0.6) is 0 Å². The smallest absolute Gasteiger partial charge is 0.127 e. The van der Waals surface area contributed by atoms with Crippen molar-refractivity contribution in [1.29, 1.82) is 0 Å². The normalized spacial score (nSPS) is 11.8. The average Bonchev–Trinajstić information content (AvgIpc) is 2.52. The Morgan fingerprint density at radius 1 is 1.38 bits per heavy atom. The predicted molar refractivity (Wildman–Crippen MR) is 55.9 cm³/mol. The van der Waals surface area contributed by atoms with Gasteiger partial charge in [-0.3, -0.25) is 0 Å². The fourth-order valence-corrected chi connectivity index (χ4v) is 0.967. The maximum Gasteiger partial charge on any atom is 0.127 e. The quantitative estimate of drug-likeness (QED) is 0.694. The van der Waals surface area contributed by atoms with E-state index in [1.807, 2.05) is 6.92 Å². The van der Waals surface area contributed by atoms with Crippen molar-refractivity contribution in [3.63, 3.8) is 0 Å². The maximum atomic E-state index is 4.82. The highest BCUT2D eigenvalue weighted by Gasteiger charge is 2.09. The Hall–Kier alpha value is -0.790. The molecule has 0 aliphatic carbocycles. The topological polar surface area (TPSA) is 26.0 Å². The molecular weight excluding hydrogens is 162 g/mol. The van der Waals surface area contributed by atoms with Gasteiger partial charge in [-0.25, -0.2) is 0 Å². The summed E-state index contributed by atoms with van der Waals surface area (Å²) >= 11 is 0. The fourth-order valence-electron chi connectivity index (χ4n) is 0.967. The summed E-state index contributed by atoms with van der Waals surface area (Å²) < 4.78 is 4.82. The monoisotopic (exact) mass is 183 g/mol. The van der Waals surface area contributed by atoms with Gasteiger partial charge in [-0.1, -0.05) is 39.3 Å². The van der Waals surface area contributed by atoms with Crippen LogP contribution in [0.15, 0.2) is 10.8 Å². The van der Waals surface area contributed by atoms with Crippen LogP contribution < -0.4 is 0 Å². The van der Waals surface area contributed by atoms with Gasteiger partial charge in [-0.2, -0.15) is 0 Å². The molecule has 1 aromatic heterocycles. The molecule has 0 bridgehead atoms. The Morgan fingerprint density at radius 3 is 2.23 bits per heavy atom. The van der Waals surface area contributed by atoms with E-state index < -0.39 is 0 Å². The van der Waals surface area contributed by atoms with E-state index in [0.717, 1.165) is 17.7 Å². The SMILES string of the molecule is CCC.CCC(C)c1nocc1C. The molecule has 1 atom stereocenters. The van der Waals surface area contributed by atoms with E-state index in [-0.39, 0.29) is 0 Å². The summed E-state index contributed by atoms with van der Waals surface area (Å²) in [6, 6.07) is 0. The first-order chi connectivity index (χ1) is 6.17. The average molecular weight is 183 g/mol. The van der Waals surface area contributed by atoms with Gasteiger partial charge in [-0.05, 0) is 13.3 Å². The Morgan fingerprint density at radius 2 is 1.92 bits per heavy atom. The van der Waals surface area contributed by atoms with Crippen molar-refractivity contribution in [2.75, 3.05) is 0 Å². The van der Waals surface area contributed by atoms with Crippen LogP contribution in [0.25, 0.3) is 0 Å². The van der Waals surface area contributed by atoms with E-state index in [1.165, 1.54) is 6.42 Å². The van der Waals surface area contributed by atoms with Gasteiger partial charge in [0.1, 0.15) is 6.26 Å². The van der Waals surface area contributed by atoms with Crippen LogP contribution in [0.3, 0.4) is 0 Å². The summed E-state index contributed by atoms with van der Waals surface area (Å²) in [7, 11) is 0. The number of nitrogens with zero attached hydrogens (tertiary/aromatic N) is 1. The van der Waals surface area contributed by atoms with Gasteiger partial charge in [0, 0.05) is 11.5 Å². The highest BCUT2D eigenvalue weighted by atomic mass is 16.5. The third kappa shape index (κ3) is 4.11. The molecule has 1 rings (SSSR count). The molecule has 13 heavy (non-hydrogen) atoms. The summed E-state index contributed by atoms with van der Waals surface area (Å²) in [5.74, 6) is 0.527. The molecule has 0 amide bonds. The largest absolute Gasteiger partial charge is 0.364 e. The standard InChI is InChI=1S/C8H13NO.C3H8/c1-4-6(2)8-7(3)5-10-9-8;1-3-2/h5-6H,4H2,1-3H3;3H2,1-2H3. The van der Waals surface area contributed by atoms with Gasteiger partial charge < -0.3 is 4.52 Å². The first kappa shape index (κ1) is 12.2. The Labute approximate surface area is 81.3 Å². The third-order valence-corrected chi connectivity index (χ3v) is 1.86. The van der Waals surface area contributed by atoms with Gasteiger partial charge in [0.25, 0.3) is 0 Å². The van der Waals surface area contributed by atoms with Crippen LogP contribution in [-0.2, 0) is 0 Å². The summed E-state index contributed by atoms with van der Waals surface area (Å²) in [6.45, 7) is 10.6. The Balaban J connectivity index is 0.000000424. The molecule has 2 heteroatoms. The van der Waals surface area contributed by atoms with Crippen LogP contribution in [0, 0.1) is 6.92 Å². The van der Waals surface area contributed by atoms with Crippen molar-refractivity contribution in [1.82, 2.24) is 5.16 Å². The van der Waals surface area contributed by atoms with E-state index in [9.17, 15) is 0 Å². The van der Waals surface area contributed by atoms with Crippen molar-refractivity contribution < 1.29 is 4.52 Å². The molecule has 0 aliphatic rings. The molecule has 1 aromatic rings. The zero-order valence-electron chi connectivity index (χ0n) is 9.42. The van der Waals surface area contributed by atoms with Crippen LogP contribution in [0.1, 0.15) is 57.7 Å². The maximum absolute atomic E-state index is 4.82. The van der Waals surface area contributed by atoms with Crippen LogP contribution in [0.4, 0.5) is 0 Å². The lowest BCUT2D eigenvalue weighted by Gasteiger charge is -2.02. The highest BCUT2D eigenvalue weighted by molar-refractivity contribution is 5.15. The van der Waals surface area contributed by atoms with Crippen molar-refractivity contribution in [2.45, 2.75) is 53.4 Å². The zero-order valence-corrected chi connectivity index (χ0v) is 9.42. The lowest BCUT2D eigenvalue weighted by Crippen LogP contribution is -1.92. The van der Waals surface area contributed by atoms with Crippen LogP contribution in [-0.4, -0.2) is 5.16 Å². The zero-order chi connectivity index (χ0) is 10.3. The minimum absolute atomic E-state index is 0.527. The summed E-state index contributed by atoms with van der Waals surface area (Å²) in [4.78, 5) is 0. The first-order valence-electron chi connectivity index (χ1n) is 5.08. The molecule has 2 nitrogen and oxygen atoms in total. The third-order valence-electron chi connectivity index (χ3n) is 1.86. The second kappa shape index (κ2) is 6.70. The van der Waals surface area contributed by atoms with E-state index in [1.54, 1.807) is 6.26 Å². The van der Waals surface area contributed by atoms with Gasteiger partial charge >= 0.3 is 0 Å². The molecule has 0 aromatic carbocycles. The molecule has 0 saturated carbocycles. The second-order valence-electron chi connectivity index (χ2n) is 3.40. The lowest BCUT2D eigenvalue weighted by molar-refractivity contribution is 0.405. The number of hydrogen-bond donors (Lipinski definition) is 0. The summed E-state index contributed by atoms with van der Waals surface area (Å²) in [5, 5.41) is 3.91. The molecule has 0 saturated heterocycles. The van der Waals surface area contributed by atoms with Gasteiger partial charge in [0.15, 0.2) is 0 Å². The van der Waals surface area contributed by atoms with E-state index in [4.69, 9.17) is 4.52 Å². The van der Waals surface area contributed by atoms with Crippen molar-refractivity contribution in [3.05, 3.63) is 17.5 Å². The Kier molecular flexibility index (Phi) is 6.29. The summed E-state index contributed by atoms with van der Waals surface area (Å²) in [6.07, 6.45) is 4.06. The molecule has 0 radical (unpaired) electrons. The number of hydrogen-bond acceptors (Lipinski definition) is 2. The number of aryl methyl sites for hydroxylation is 1. The highest BCUT2D eigenvalue weighted by Crippen LogP contribution is 2.19. The molecule has 1 unspecified atom stereocenters. The van der Waals surface area contributed by atoms with Crippen molar-refractivity contribution in [2.24, 2.45) is 0 Å². The fraction of sp³-hybridized carbons (Fsp3) is 0.727. The van der Waals surface area contributed by atoms with Crippen LogP contribution >= 0.6 is 0 Å². The van der Waals surface area contributed by atoms with Gasteiger partial charge in [0.05, 0.1) is 5.69 Å². The lowest BCUT2D eigenvalue weighted by atomic mass is 10.0. The van der Waals surface area contributed by atoms with E-state index in [0.29, 0.717) is 5.92 Å². The number of rotatable bonds is 2. The minimum atomic E-state index is 0.527. The molecule has 0 N–H and O–H groups in total. The van der Waals surface area contributed by atoms with Gasteiger partial charge in [-0.15, -0.1) is 0 Å². The van der Waals surface area contributed by atoms with Crippen molar-refractivity contribution >= 4 is 0 Å². The molecule has 0 aliphatic heterocycles. The van der Waals surface area contributed by atoms with Gasteiger partial charge in [0.2, 0.25) is 0 Å². The molecule has 76 valence electrons. The summed E-state index contributed by atoms with van der Waals surface area (Å²) in [5.41, 5.74) is 2.26. The minimum Gasteiger partial charge on any atom is -0.364 e. The van der Waals surface area contributed by atoms with Crippen LogP contribution in [0.2, 0.25) is 0 Å². The van der Waals surface area contributed by atoms with E-state index >= 15 is 0 Å².